The highest BCUT2D eigenvalue weighted by atomic mass is 32.1. The monoisotopic (exact) mass is 303 g/mol. The molecule has 1 aromatic carbocycles. The van der Waals surface area contributed by atoms with Gasteiger partial charge in [0.2, 0.25) is 0 Å². The number of halogens is 2. The van der Waals surface area contributed by atoms with Crippen LogP contribution >= 0.6 is 11.3 Å². The molecule has 0 unspecified atom stereocenters. The summed E-state index contributed by atoms with van der Waals surface area (Å²) in [6, 6.07) is 3.34. The molecule has 2 aromatic heterocycles. The van der Waals surface area contributed by atoms with Crippen molar-refractivity contribution in [3.8, 4) is 0 Å². The van der Waals surface area contributed by atoms with Gasteiger partial charge in [0.1, 0.15) is 28.6 Å². The number of hydrogen-bond acceptors (Lipinski definition) is 4. The number of nitrogens with zero attached hydrogens (tertiary/aromatic N) is 2. The van der Waals surface area contributed by atoms with Crippen molar-refractivity contribution in [2.45, 2.75) is 19.3 Å². The maximum absolute atomic E-state index is 13.8. The first-order valence-corrected chi connectivity index (χ1v) is 7.51. The topological polar surface area (TPSA) is 37.8 Å². The minimum Gasteiger partial charge on any atom is -0.337 e. The molecule has 0 saturated carbocycles. The van der Waals surface area contributed by atoms with Crippen LogP contribution in [0.2, 0.25) is 0 Å². The summed E-state index contributed by atoms with van der Waals surface area (Å²) >= 11 is 1.66. The van der Waals surface area contributed by atoms with Gasteiger partial charge in [-0.15, -0.1) is 11.3 Å². The minimum atomic E-state index is -0.505. The second-order valence-electron chi connectivity index (χ2n) is 5.01. The quantitative estimate of drug-likeness (QED) is 0.771. The third kappa shape index (κ3) is 2.06. The minimum absolute atomic E-state index is 0.0907. The fourth-order valence-electron chi connectivity index (χ4n) is 2.74. The maximum atomic E-state index is 13.8. The zero-order valence-electron chi connectivity index (χ0n) is 11.0. The van der Waals surface area contributed by atoms with Crippen molar-refractivity contribution in [1.29, 1.82) is 0 Å². The maximum Gasteiger partial charge on any atom is 0.146 e. The van der Waals surface area contributed by atoms with Gasteiger partial charge >= 0.3 is 0 Å². The summed E-state index contributed by atoms with van der Waals surface area (Å²) in [6.07, 6.45) is 4.63. The van der Waals surface area contributed by atoms with Gasteiger partial charge < -0.3 is 5.32 Å². The van der Waals surface area contributed by atoms with Crippen LogP contribution < -0.4 is 5.32 Å². The van der Waals surface area contributed by atoms with E-state index in [1.165, 1.54) is 16.8 Å². The van der Waals surface area contributed by atoms with E-state index >= 15 is 0 Å². The Morgan fingerprint density at radius 2 is 2.05 bits per heavy atom. The van der Waals surface area contributed by atoms with E-state index in [-0.39, 0.29) is 5.69 Å². The van der Waals surface area contributed by atoms with E-state index in [1.54, 1.807) is 11.3 Å². The van der Waals surface area contributed by atoms with Crippen molar-refractivity contribution in [1.82, 2.24) is 9.97 Å². The molecular weight excluding hydrogens is 292 g/mol. The summed E-state index contributed by atoms with van der Waals surface area (Å²) in [7, 11) is 0. The zero-order valence-corrected chi connectivity index (χ0v) is 11.8. The van der Waals surface area contributed by atoms with Crippen LogP contribution in [0.3, 0.4) is 0 Å². The Balaban J connectivity index is 1.85. The van der Waals surface area contributed by atoms with E-state index < -0.39 is 11.6 Å². The van der Waals surface area contributed by atoms with E-state index in [2.05, 4.69) is 15.3 Å². The second-order valence-corrected chi connectivity index (χ2v) is 6.09. The van der Waals surface area contributed by atoms with Crippen LogP contribution in [0.5, 0.6) is 0 Å². The molecule has 3 nitrogen and oxygen atoms in total. The van der Waals surface area contributed by atoms with Gasteiger partial charge in [-0.25, -0.2) is 18.7 Å². The van der Waals surface area contributed by atoms with Crippen molar-refractivity contribution >= 4 is 33.1 Å². The van der Waals surface area contributed by atoms with E-state index in [0.717, 1.165) is 47.7 Å². The van der Waals surface area contributed by atoms with E-state index in [0.29, 0.717) is 5.82 Å². The highest BCUT2D eigenvalue weighted by Gasteiger charge is 2.21. The van der Waals surface area contributed by atoms with Crippen LogP contribution in [0.1, 0.15) is 16.9 Å². The molecule has 0 aliphatic heterocycles. The van der Waals surface area contributed by atoms with Crippen molar-refractivity contribution in [3.63, 3.8) is 0 Å². The predicted octanol–water partition coefficient (Wildman–Crippen LogP) is 4.20. The van der Waals surface area contributed by atoms with Crippen LogP contribution in [-0.4, -0.2) is 9.97 Å². The molecule has 6 heteroatoms. The lowest BCUT2D eigenvalue weighted by molar-refractivity contribution is 0.603. The van der Waals surface area contributed by atoms with Gasteiger partial charge in [-0.1, -0.05) is 0 Å². The summed E-state index contributed by atoms with van der Waals surface area (Å²) in [6.45, 7) is 0. The fraction of sp³-hybridized carbons (Fsp3) is 0.200. The molecule has 0 radical (unpaired) electrons. The van der Waals surface area contributed by atoms with Gasteiger partial charge in [-0.2, -0.15) is 0 Å². The molecule has 0 fully saturated rings. The number of aryl methyl sites for hydroxylation is 2. The number of fused-ring (bicyclic) bond motifs is 3. The second kappa shape index (κ2) is 4.73. The van der Waals surface area contributed by atoms with Crippen LogP contribution in [0.4, 0.5) is 20.3 Å². The third-order valence-electron chi connectivity index (χ3n) is 3.68. The first kappa shape index (κ1) is 12.6. The van der Waals surface area contributed by atoms with Crippen LogP contribution in [-0.2, 0) is 12.8 Å². The largest absolute Gasteiger partial charge is 0.337 e. The SMILES string of the molecule is Fc1ccc(F)c(Nc2ncnc3sc4c(c23)CCC4)c1. The standard InChI is InChI=1S/C15H11F2N3S/c16-8-4-5-10(17)11(6-8)20-14-13-9-2-1-3-12(9)21-15(13)19-7-18-14/h4-7H,1-3H2,(H,18,19,20). The summed E-state index contributed by atoms with van der Waals surface area (Å²) in [5.74, 6) is -0.446. The first-order valence-electron chi connectivity index (χ1n) is 6.69. The van der Waals surface area contributed by atoms with Gasteiger partial charge in [0, 0.05) is 10.9 Å². The Bertz CT molecular complexity index is 844. The molecule has 21 heavy (non-hydrogen) atoms. The lowest BCUT2D eigenvalue weighted by atomic mass is 10.2. The number of rotatable bonds is 2. The van der Waals surface area contributed by atoms with Crippen molar-refractivity contribution in [2.24, 2.45) is 0 Å². The van der Waals surface area contributed by atoms with E-state index in [9.17, 15) is 8.78 Å². The van der Waals surface area contributed by atoms with Gasteiger partial charge in [0.05, 0.1) is 11.1 Å². The molecule has 0 amide bonds. The number of thiophene rings is 1. The number of aromatic nitrogens is 2. The Kier molecular flexibility index (Phi) is 2.85. The molecule has 1 N–H and O–H groups in total. The van der Waals surface area contributed by atoms with Gasteiger partial charge in [-0.05, 0) is 37.0 Å². The van der Waals surface area contributed by atoms with E-state index in [1.807, 2.05) is 0 Å². The molecule has 3 aromatic rings. The zero-order chi connectivity index (χ0) is 14.4. The van der Waals surface area contributed by atoms with Gasteiger partial charge in [0.25, 0.3) is 0 Å². The fourth-order valence-corrected chi connectivity index (χ4v) is 3.97. The average Bonchev–Trinajstić information content (AvgIpc) is 3.03. The third-order valence-corrected chi connectivity index (χ3v) is 4.88. The van der Waals surface area contributed by atoms with Crippen molar-refractivity contribution in [2.75, 3.05) is 5.32 Å². The summed E-state index contributed by atoms with van der Waals surface area (Å²) in [5.41, 5.74) is 1.34. The summed E-state index contributed by atoms with van der Waals surface area (Å²) < 4.78 is 27.1. The van der Waals surface area contributed by atoms with Crippen molar-refractivity contribution < 1.29 is 8.78 Å². The number of benzene rings is 1. The van der Waals surface area contributed by atoms with Crippen LogP contribution in [0.15, 0.2) is 24.5 Å². The lowest BCUT2D eigenvalue weighted by Gasteiger charge is -2.08. The predicted molar refractivity (Wildman–Crippen MR) is 79.1 cm³/mol. The van der Waals surface area contributed by atoms with Crippen LogP contribution in [0, 0.1) is 11.6 Å². The molecule has 0 saturated heterocycles. The molecule has 4 rings (SSSR count). The van der Waals surface area contributed by atoms with Crippen molar-refractivity contribution in [3.05, 3.63) is 46.6 Å². The molecule has 0 spiro atoms. The highest BCUT2D eigenvalue weighted by Crippen LogP contribution is 2.39. The number of nitrogens with one attached hydrogen (secondary N) is 1. The Morgan fingerprint density at radius 3 is 2.95 bits per heavy atom. The molecule has 0 atom stereocenters. The smallest absolute Gasteiger partial charge is 0.146 e. The van der Waals surface area contributed by atoms with Gasteiger partial charge in [-0.3, -0.25) is 0 Å². The number of anilines is 2. The summed E-state index contributed by atoms with van der Waals surface area (Å²) in [5, 5.41) is 3.86. The normalized spacial score (nSPS) is 13.6. The van der Waals surface area contributed by atoms with Crippen LogP contribution in [0.25, 0.3) is 10.2 Å². The lowest BCUT2D eigenvalue weighted by Crippen LogP contribution is -1.99. The van der Waals surface area contributed by atoms with E-state index in [4.69, 9.17) is 0 Å². The summed E-state index contributed by atoms with van der Waals surface area (Å²) in [4.78, 5) is 10.7. The Labute approximate surface area is 123 Å². The highest BCUT2D eigenvalue weighted by molar-refractivity contribution is 7.19. The molecular formula is C15H11F2N3S. The average molecular weight is 303 g/mol. The Hall–Kier alpha value is -2.08. The first-order chi connectivity index (χ1) is 10.2. The molecule has 0 bridgehead atoms. The molecule has 2 heterocycles. The molecule has 106 valence electrons. The molecule has 1 aliphatic rings. The Morgan fingerprint density at radius 1 is 1.14 bits per heavy atom. The van der Waals surface area contributed by atoms with Gasteiger partial charge in [0.15, 0.2) is 0 Å². The number of hydrogen-bond donors (Lipinski definition) is 1. The molecule has 1 aliphatic carbocycles.